The third-order valence-electron chi connectivity index (χ3n) is 3.08. The molecule has 0 spiro atoms. The van der Waals surface area contributed by atoms with Gasteiger partial charge in [-0.05, 0) is 18.6 Å². The van der Waals surface area contributed by atoms with Crippen LogP contribution < -0.4 is 0 Å². The molecule has 1 aromatic carbocycles. The van der Waals surface area contributed by atoms with Crippen molar-refractivity contribution in [3.63, 3.8) is 0 Å². The average molecular weight is 254 g/mol. The first kappa shape index (κ1) is 12.4. The number of rotatable bonds is 3. The van der Waals surface area contributed by atoms with Crippen LogP contribution in [0.1, 0.15) is 30.1 Å². The zero-order valence-corrected chi connectivity index (χ0v) is 10.6. The largest absolute Gasteiger partial charge is 0.386 e. The number of carbonyl (C=O) groups excluding carboxylic acids is 1. The third kappa shape index (κ3) is 2.45. The Hall–Kier alpha value is -1.06. The summed E-state index contributed by atoms with van der Waals surface area (Å²) in [4.78, 5) is 13.7. The first-order valence-electron chi connectivity index (χ1n) is 5.82. The van der Waals surface area contributed by atoms with Gasteiger partial charge in [-0.1, -0.05) is 37.1 Å². The summed E-state index contributed by atoms with van der Waals surface area (Å²) in [6, 6.07) is 6.99. The number of nitrogens with zero attached hydrogens (tertiary/aromatic N) is 1. The number of amides is 1. The van der Waals surface area contributed by atoms with Gasteiger partial charge < -0.3 is 10.0 Å². The van der Waals surface area contributed by atoms with Crippen LogP contribution in [0.3, 0.4) is 0 Å². The molecule has 1 fully saturated rings. The molecule has 1 amide bonds. The standard InChI is InChI=1S/C13H16ClNO2/c1-2-7-13(17)8-15(9-13)12(16)10-5-3-4-6-11(10)14/h3-6,17H,2,7-9H2,1H3. The summed E-state index contributed by atoms with van der Waals surface area (Å²) in [6.45, 7) is 2.84. The zero-order chi connectivity index (χ0) is 12.5. The smallest absolute Gasteiger partial charge is 0.255 e. The van der Waals surface area contributed by atoms with Gasteiger partial charge in [0, 0.05) is 0 Å². The second-order valence-electron chi connectivity index (χ2n) is 4.62. The first-order valence-corrected chi connectivity index (χ1v) is 6.20. The lowest BCUT2D eigenvalue weighted by Gasteiger charge is -2.46. The van der Waals surface area contributed by atoms with E-state index in [9.17, 15) is 9.90 Å². The molecule has 17 heavy (non-hydrogen) atoms. The number of carbonyl (C=O) groups is 1. The molecule has 0 saturated carbocycles. The van der Waals surface area contributed by atoms with Crippen LogP contribution in [0, 0.1) is 0 Å². The van der Waals surface area contributed by atoms with Crippen LogP contribution in [0.2, 0.25) is 5.02 Å². The maximum absolute atomic E-state index is 12.1. The van der Waals surface area contributed by atoms with Gasteiger partial charge in [0.1, 0.15) is 0 Å². The Morgan fingerprint density at radius 3 is 2.71 bits per heavy atom. The number of hydrogen-bond donors (Lipinski definition) is 1. The predicted molar refractivity (Wildman–Crippen MR) is 67.2 cm³/mol. The fourth-order valence-electron chi connectivity index (χ4n) is 2.24. The van der Waals surface area contributed by atoms with Gasteiger partial charge in [-0.25, -0.2) is 0 Å². The Bertz CT molecular complexity index is 427. The van der Waals surface area contributed by atoms with Gasteiger partial charge in [-0.2, -0.15) is 0 Å². The highest BCUT2D eigenvalue weighted by atomic mass is 35.5. The Balaban J connectivity index is 2.03. The maximum Gasteiger partial charge on any atom is 0.255 e. The molecule has 0 bridgehead atoms. The van der Waals surface area contributed by atoms with Crippen molar-refractivity contribution in [3.8, 4) is 0 Å². The van der Waals surface area contributed by atoms with Crippen LogP contribution in [0.25, 0.3) is 0 Å². The van der Waals surface area contributed by atoms with Crippen LogP contribution >= 0.6 is 11.6 Å². The summed E-state index contributed by atoms with van der Waals surface area (Å²) in [5.74, 6) is -0.101. The minimum atomic E-state index is -0.689. The van der Waals surface area contributed by atoms with Gasteiger partial charge in [-0.3, -0.25) is 4.79 Å². The lowest BCUT2D eigenvalue weighted by Crippen LogP contribution is -2.63. The predicted octanol–water partition coefficient (Wildman–Crippen LogP) is 2.33. The molecule has 4 heteroatoms. The minimum Gasteiger partial charge on any atom is -0.386 e. The first-order chi connectivity index (χ1) is 8.06. The minimum absolute atomic E-state index is 0.101. The molecule has 0 aromatic heterocycles. The van der Waals surface area contributed by atoms with E-state index in [0.717, 1.165) is 12.8 Å². The molecule has 0 atom stereocenters. The summed E-state index contributed by atoms with van der Waals surface area (Å²) in [6.07, 6.45) is 1.66. The molecule has 1 heterocycles. The van der Waals surface area contributed by atoms with Gasteiger partial charge in [0.05, 0.1) is 29.3 Å². The van der Waals surface area contributed by atoms with Crippen LogP contribution in [-0.2, 0) is 0 Å². The highest BCUT2D eigenvalue weighted by molar-refractivity contribution is 6.33. The Labute approximate surface area is 106 Å². The van der Waals surface area contributed by atoms with E-state index in [4.69, 9.17) is 11.6 Å². The monoisotopic (exact) mass is 253 g/mol. The fraction of sp³-hybridized carbons (Fsp3) is 0.462. The Morgan fingerprint density at radius 2 is 2.12 bits per heavy atom. The van der Waals surface area contributed by atoms with Crippen molar-refractivity contribution >= 4 is 17.5 Å². The van der Waals surface area contributed by atoms with E-state index in [1.54, 1.807) is 29.2 Å². The molecule has 1 aromatic rings. The van der Waals surface area contributed by atoms with E-state index in [2.05, 4.69) is 0 Å². The van der Waals surface area contributed by atoms with Gasteiger partial charge in [0.15, 0.2) is 0 Å². The third-order valence-corrected chi connectivity index (χ3v) is 3.41. The number of likely N-dealkylation sites (tertiary alicyclic amines) is 1. The van der Waals surface area contributed by atoms with Gasteiger partial charge in [0.2, 0.25) is 0 Å². The van der Waals surface area contributed by atoms with Crippen molar-refractivity contribution in [2.75, 3.05) is 13.1 Å². The second-order valence-corrected chi connectivity index (χ2v) is 5.02. The normalized spacial score (nSPS) is 17.7. The van der Waals surface area contributed by atoms with Crippen LogP contribution in [0.5, 0.6) is 0 Å². The molecule has 2 rings (SSSR count). The maximum atomic E-state index is 12.1. The number of benzene rings is 1. The van der Waals surface area contributed by atoms with Crippen molar-refractivity contribution in [1.82, 2.24) is 4.90 Å². The molecular formula is C13H16ClNO2. The van der Waals surface area contributed by atoms with E-state index >= 15 is 0 Å². The number of aliphatic hydroxyl groups is 1. The highest BCUT2D eigenvalue weighted by Gasteiger charge is 2.43. The van der Waals surface area contributed by atoms with Crippen LogP contribution in [0.15, 0.2) is 24.3 Å². The summed E-state index contributed by atoms with van der Waals surface area (Å²) >= 11 is 5.97. The molecular weight excluding hydrogens is 238 g/mol. The average Bonchev–Trinajstić information content (AvgIpc) is 2.26. The zero-order valence-electron chi connectivity index (χ0n) is 9.82. The molecule has 0 unspecified atom stereocenters. The van der Waals surface area contributed by atoms with Crippen molar-refractivity contribution in [2.24, 2.45) is 0 Å². The quantitative estimate of drug-likeness (QED) is 0.898. The molecule has 1 aliphatic heterocycles. The Morgan fingerprint density at radius 1 is 1.47 bits per heavy atom. The molecule has 0 aliphatic carbocycles. The van der Waals surface area contributed by atoms with Gasteiger partial charge >= 0.3 is 0 Å². The van der Waals surface area contributed by atoms with Gasteiger partial charge in [-0.15, -0.1) is 0 Å². The van der Waals surface area contributed by atoms with Crippen LogP contribution in [-0.4, -0.2) is 34.6 Å². The van der Waals surface area contributed by atoms with Crippen molar-refractivity contribution < 1.29 is 9.90 Å². The lowest BCUT2D eigenvalue weighted by molar-refractivity contribution is -0.0860. The topological polar surface area (TPSA) is 40.5 Å². The summed E-state index contributed by atoms with van der Waals surface area (Å²) in [5, 5.41) is 10.5. The van der Waals surface area contributed by atoms with Crippen molar-refractivity contribution in [3.05, 3.63) is 34.9 Å². The number of β-amino-alcohol motifs (C(OH)–C–C–N with tert-alkyl or cyclic N) is 1. The number of halogens is 1. The SMILES string of the molecule is CCCC1(O)CN(C(=O)c2ccccc2Cl)C1. The van der Waals surface area contributed by atoms with E-state index in [-0.39, 0.29) is 5.91 Å². The van der Waals surface area contributed by atoms with Gasteiger partial charge in [0.25, 0.3) is 5.91 Å². The van der Waals surface area contributed by atoms with Crippen molar-refractivity contribution in [2.45, 2.75) is 25.4 Å². The Kier molecular flexibility index (Phi) is 3.40. The summed E-state index contributed by atoms with van der Waals surface area (Å²) in [5.41, 5.74) is -0.182. The molecule has 1 aliphatic rings. The lowest BCUT2D eigenvalue weighted by atomic mass is 9.89. The number of hydrogen-bond acceptors (Lipinski definition) is 2. The molecule has 92 valence electrons. The fourth-order valence-corrected chi connectivity index (χ4v) is 2.45. The summed E-state index contributed by atoms with van der Waals surface area (Å²) in [7, 11) is 0. The van der Waals surface area contributed by atoms with Crippen molar-refractivity contribution in [1.29, 1.82) is 0 Å². The highest BCUT2D eigenvalue weighted by Crippen LogP contribution is 2.28. The van der Waals surface area contributed by atoms with E-state index in [1.807, 2.05) is 6.92 Å². The molecule has 1 saturated heterocycles. The molecule has 0 radical (unpaired) electrons. The summed E-state index contributed by atoms with van der Waals surface area (Å²) < 4.78 is 0. The van der Waals surface area contributed by atoms with Crippen LogP contribution in [0.4, 0.5) is 0 Å². The van der Waals surface area contributed by atoms with E-state index in [0.29, 0.717) is 23.7 Å². The molecule has 3 nitrogen and oxygen atoms in total. The molecule has 1 N–H and O–H groups in total. The van der Waals surface area contributed by atoms with E-state index < -0.39 is 5.60 Å². The van der Waals surface area contributed by atoms with E-state index in [1.165, 1.54) is 0 Å². The second kappa shape index (κ2) is 4.67.